The van der Waals surface area contributed by atoms with Crippen molar-refractivity contribution in [1.82, 2.24) is 5.32 Å². The van der Waals surface area contributed by atoms with Crippen LogP contribution in [0.25, 0.3) is 0 Å². The van der Waals surface area contributed by atoms with Gasteiger partial charge in [-0.05, 0) is 89.9 Å². The molecule has 8 unspecified atom stereocenters. The van der Waals surface area contributed by atoms with Crippen LogP contribution in [0.5, 0.6) is 0 Å². The molecule has 1 aliphatic heterocycles. The Morgan fingerprint density at radius 3 is 1.30 bits per heavy atom. The molecule has 6 N–H and O–H groups in total. The fourth-order valence-corrected chi connectivity index (χ4v) is 10.3. The first-order valence-corrected chi connectivity index (χ1v) is 33.6. The van der Waals surface area contributed by atoms with Gasteiger partial charge in [-0.25, -0.2) is 0 Å². The maximum atomic E-state index is 13.4. The number of esters is 1. The molecule has 1 rings (SSSR count). The van der Waals surface area contributed by atoms with E-state index < -0.39 is 67.4 Å². The predicted molar refractivity (Wildman–Crippen MR) is 333 cm³/mol. The lowest BCUT2D eigenvalue weighted by Gasteiger charge is -2.41. The van der Waals surface area contributed by atoms with E-state index in [-0.39, 0.29) is 19.4 Å². The number of rotatable bonds is 57. The smallest absolute Gasteiger partial charge is 0.306 e. The van der Waals surface area contributed by atoms with Crippen molar-refractivity contribution in [2.24, 2.45) is 0 Å². The summed E-state index contributed by atoms with van der Waals surface area (Å²) < 4.78 is 17.7. The van der Waals surface area contributed by atoms with Crippen LogP contribution in [0.4, 0.5) is 0 Å². The van der Waals surface area contributed by atoms with Gasteiger partial charge in [-0.2, -0.15) is 0 Å². The maximum absolute atomic E-state index is 13.4. The minimum Gasteiger partial charge on any atom is -0.454 e. The molecule has 11 nitrogen and oxygen atoms in total. The Bertz CT molecular complexity index is 1530. The third-order valence-corrected chi connectivity index (χ3v) is 15.6. The fraction of sp³-hybridized carbons (Fsp3) is 0.826. The van der Waals surface area contributed by atoms with Crippen LogP contribution in [0.15, 0.2) is 60.8 Å². The Balaban J connectivity index is 2.62. The number of amides is 1. The minimum atomic E-state index is -1.62. The van der Waals surface area contributed by atoms with Crippen molar-refractivity contribution in [3.8, 4) is 0 Å². The lowest BCUT2D eigenvalue weighted by atomic mass is 9.99. The lowest BCUT2D eigenvalue weighted by Crippen LogP contribution is -2.61. The normalized spacial score (nSPS) is 19.1. The molecule has 0 aromatic carbocycles. The van der Waals surface area contributed by atoms with Gasteiger partial charge in [0.15, 0.2) is 12.4 Å². The van der Waals surface area contributed by atoms with Crippen molar-refractivity contribution < 1.29 is 49.3 Å². The number of hydrogen-bond donors (Lipinski definition) is 6. The van der Waals surface area contributed by atoms with E-state index in [1.54, 1.807) is 6.08 Å². The van der Waals surface area contributed by atoms with Crippen molar-refractivity contribution >= 4 is 11.9 Å². The van der Waals surface area contributed by atoms with Gasteiger partial charge in [-0.15, -0.1) is 0 Å². The van der Waals surface area contributed by atoms with Gasteiger partial charge < -0.3 is 45.1 Å². The number of carbonyl (C=O) groups excluding carboxylic acids is 2. The summed E-state index contributed by atoms with van der Waals surface area (Å²) in [5.74, 6) is -1.19. The third kappa shape index (κ3) is 44.0. The van der Waals surface area contributed by atoms with Crippen molar-refractivity contribution in [2.75, 3.05) is 13.2 Å². The molecule has 0 saturated carbocycles. The van der Waals surface area contributed by atoms with Crippen LogP contribution in [0.1, 0.15) is 303 Å². The molecule has 0 aliphatic carbocycles. The Morgan fingerprint density at radius 1 is 0.487 bits per heavy atom. The quantitative estimate of drug-likeness (QED) is 0.0195. The van der Waals surface area contributed by atoms with Crippen molar-refractivity contribution in [2.45, 2.75) is 352 Å². The predicted octanol–water partition coefficient (Wildman–Crippen LogP) is 16.6. The monoisotopic (exact) mass is 1130 g/mol. The second-order valence-corrected chi connectivity index (χ2v) is 23.2. The minimum absolute atomic E-state index is 0.120. The summed E-state index contributed by atoms with van der Waals surface area (Å²) >= 11 is 0. The summed E-state index contributed by atoms with van der Waals surface area (Å²) in [6.07, 6.45) is 61.1. The highest BCUT2D eigenvalue weighted by atomic mass is 16.7. The number of carbonyl (C=O) groups is 2. The number of aliphatic hydroxyl groups excluding tert-OH is 5. The molecule has 0 spiro atoms. The third-order valence-electron chi connectivity index (χ3n) is 15.6. The Labute approximate surface area is 490 Å². The summed E-state index contributed by atoms with van der Waals surface area (Å²) in [5, 5.41) is 57.1. The summed E-state index contributed by atoms with van der Waals surface area (Å²) in [6.45, 7) is 5.76. The molecule has 8 atom stereocenters. The number of aliphatic hydroxyl groups is 5. The molecular weight excluding hydrogens is 1000 g/mol. The molecule has 1 fully saturated rings. The van der Waals surface area contributed by atoms with Crippen LogP contribution < -0.4 is 5.32 Å². The average molecular weight is 1130 g/mol. The molecule has 0 aromatic heterocycles. The Kier molecular flexibility index (Phi) is 53.5. The zero-order chi connectivity index (χ0) is 58.2. The number of ether oxygens (including phenoxy) is 3. The Hall–Kier alpha value is -2.64. The highest BCUT2D eigenvalue weighted by Crippen LogP contribution is 2.26. The molecule has 1 saturated heterocycles. The number of hydrogen-bond acceptors (Lipinski definition) is 10. The molecule has 1 aliphatic rings. The molecule has 1 heterocycles. The van der Waals surface area contributed by atoms with Gasteiger partial charge >= 0.3 is 5.97 Å². The first-order valence-electron chi connectivity index (χ1n) is 33.6. The van der Waals surface area contributed by atoms with E-state index >= 15 is 0 Å². The lowest BCUT2D eigenvalue weighted by molar-refractivity contribution is -0.305. The molecule has 0 aromatic rings. The van der Waals surface area contributed by atoms with Gasteiger partial charge in [-0.1, -0.05) is 268 Å². The number of nitrogens with one attached hydrogen (secondary N) is 1. The van der Waals surface area contributed by atoms with E-state index in [2.05, 4.69) is 74.7 Å². The standard InChI is InChI=1S/C69H125NO10/c1-4-7-10-13-16-19-22-25-27-29-31-32-33-35-37-39-42-45-48-51-54-57-64(74)80-67-66(76)65(75)63(58-71)79-69(67)78-59-60(61(72)55-52-49-46-43-40-24-21-18-15-12-9-6-3)70-68(77)62(73)56-53-50-47-44-41-38-36-34-30-28-26-23-20-17-14-11-8-5-2/h16-17,19-20,25-28,52,55,60-63,65-67,69,71-73,75-76H,4-15,18,21-24,29-51,53-54,56-59H2,1-3H3,(H,70,77)/b19-16-,20-17-,27-25-,28-26-,55-52+. The van der Waals surface area contributed by atoms with Crippen LogP contribution in [-0.2, 0) is 23.8 Å². The van der Waals surface area contributed by atoms with Crippen LogP contribution in [0.3, 0.4) is 0 Å². The maximum Gasteiger partial charge on any atom is 0.306 e. The highest BCUT2D eigenvalue weighted by molar-refractivity contribution is 5.80. The molecule has 80 heavy (non-hydrogen) atoms. The molecule has 11 heteroatoms. The van der Waals surface area contributed by atoms with Crippen LogP contribution in [0.2, 0.25) is 0 Å². The van der Waals surface area contributed by atoms with E-state index in [0.717, 1.165) is 77.0 Å². The SMILES string of the molecule is CCCCC/C=C\C/C=C\CCCCCCCCCCCCCC(=O)OC1C(OCC(NC(=O)C(O)CCCCCCCCCC/C=C\C/C=C\CCCCC)C(O)/C=C/CCCCCCCCCCCC)OC(CO)C(O)C1O. The first-order chi connectivity index (χ1) is 39.2. The van der Waals surface area contributed by atoms with E-state index in [0.29, 0.717) is 12.8 Å². The van der Waals surface area contributed by atoms with Crippen molar-refractivity contribution in [3.63, 3.8) is 0 Å². The van der Waals surface area contributed by atoms with Crippen molar-refractivity contribution in [1.29, 1.82) is 0 Å². The van der Waals surface area contributed by atoms with E-state index in [1.165, 1.54) is 180 Å². The summed E-state index contributed by atoms with van der Waals surface area (Å²) in [6, 6.07) is -1.03. The van der Waals surface area contributed by atoms with Crippen LogP contribution in [-0.4, -0.2) is 99.6 Å². The topological polar surface area (TPSA) is 175 Å². The zero-order valence-corrected chi connectivity index (χ0v) is 51.7. The van der Waals surface area contributed by atoms with Crippen LogP contribution >= 0.6 is 0 Å². The van der Waals surface area contributed by atoms with E-state index in [4.69, 9.17) is 14.2 Å². The molecule has 0 bridgehead atoms. The molecule has 466 valence electrons. The van der Waals surface area contributed by atoms with Crippen LogP contribution in [0, 0.1) is 0 Å². The van der Waals surface area contributed by atoms with E-state index in [9.17, 15) is 35.1 Å². The van der Waals surface area contributed by atoms with Gasteiger partial charge in [0.1, 0.15) is 24.4 Å². The van der Waals surface area contributed by atoms with Crippen molar-refractivity contribution in [3.05, 3.63) is 60.8 Å². The molecular formula is C69H125NO10. The second-order valence-electron chi connectivity index (χ2n) is 23.2. The summed E-state index contributed by atoms with van der Waals surface area (Å²) in [7, 11) is 0. The average Bonchev–Trinajstić information content (AvgIpc) is 3.45. The largest absolute Gasteiger partial charge is 0.454 e. The Morgan fingerprint density at radius 2 is 0.863 bits per heavy atom. The highest BCUT2D eigenvalue weighted by Gasteiger charge is 2.47. The molecule has 1 amide bonds. The molecule has 0 radical (unpaired) electrons. The van der Waals surface area contributed by atoms with Gasteiger partial charge in [0.25, 0.3) is 0 Å². The first kappa shape index (κ1) is 75.4. The second kappa shape index (κ2) is 56.8. The summed E-state index contributed by atoms with van der Waals surface area (Å²) in [4.78, 5) is 26.6. The van der Waals surface area contributed by atoms with Gasteiger partial charge in [-0.3, -0.25) is 9.59 Å². The number of allylic oxidation sites excluding steroid dienone is 9. The van der Waals surface area contributed by atoms with E-state index in [1.807, 2.05) is 6.08 Å². The summed E-state index contributed by atoms with van der Waals surface area (Å²) in [5.41, 5.74) is 0. The number of unbranched alkanes of at least 4 members (excludes halogenated alkanes) is 35. The van der Waals surface area contributed by atoms with Gasteiger partial charge in [0.05, 0.1) is 25.4 Å². The zero-order valence-electron chi connectivity index (χ0n) is 51.7. The fourth-order valence-electron chi connectivity index (χ4n) is 10.3. The van der Waals surface area contributed by atoms with Gasteiger partial charge in [0.2, 0.25) is 5.91 Å². The van der Waals surface area contributed by atoms with Gasteiger partial charge in [0, 0.05) is 6.42 Å².